The number of nitrogens with zero attached hydrogens (tertiary/aromatic N) is 2. The van der Waals surface area contributed by atoms with Crippen LogP contribution >= 0.6 is 35.6 Å². The molecule has 0 saturated carbocycles. The van der Waals surface area contributed by atoms with E-state index < -0.39 is 11.8 Å². The Kier molecular flexibility index (Phi) is 6.64. The lowest BCUT2D eigenvalue weighted by molar-refractivity contribution is -0.124. The SMILES string of the molecule is CCCCCN1C(=O)/C(=C2\SC(=S)N(NC(=O)c3ccccc3Cl)C2=O)c2ccccc21. The number of amides is 3. The van der Waals surface area contributed by atoms with E-state index in [1.165, 1.54) is 0 Å². The smallest absolute Gasteiger partial charge is 0.286 e. The number of fused-ring (bicyclic) bond motifs is 1. The van der Waals surface area contributed by atoms with Crippen LogP contribution in [0.2, 0.25) is 5.02 Å². The molecule has 1 fully saturated rings. The van der Waals surface area contributed by atoms with Gasteiger partial charge in [-0.2, -0.15) is 5.01 Å². The zero-order chi connectivity index (χ0) is 22.8. The van der Waals surface area contributed by atoms with Crippen molar-refractivity contribution in [2.45, 2.75) is 26.2 Å². The fourth-order valence-electron chi connectivity index (χ4n) is 3.66. The molecule has 2 heterocycles. The number of benzene rings is 2. The fraction of sp³-hybridized carbons (Fsp3) is 0.217. The molecule has 32 heavy (non-hydrogen) atoms. The Morgan fingerprint density at radius 2 is 1.78 bits per heavy atom. The van der Waals surface area contributed by atoms with Gasteiger partial charge in [0.15, 0.2) is 4.32 Å². The second kappa shape index (κ2) is 9.44. The van der Waals surface area contributed by atoms with Gasteiger partial charge in [0.25, 0.3) is 17.7 Å². The number of hydrogen-bond acceptors (Lipinski definition) is 5. The molecule has 164 valence electrons. The monoisotopic (exact) mass is 485 g/mol. The van der Waals surface area contributed by atoms with E-state index in [-0.39, 0.29) is 25.7 Å². The van der Waals surface area contributed by atoms with E-state index in [1.54, 1.807) is 29.2 Å². The van der Waals surface area contributed by atoms with Crippen LogP contribution in [0.4, 0.5) is 5.69 Å². The summed E-state index contributed by atoms with van der Waals surface area (Å²) >= 11 is 12.4. The van der Waals surface area contributed by atoms with Crippen LogP contribution < -0.4 is 10.3 Å². The molecule has 3 amide bonds. The maximum Gasteiger partial charge on any atom is 0.286 e. The largest absolute Gasteiger partial charge is 0.308 e. The predicted molar refractivity (Wildman–Crippen MR) is 131 cm³/mol. The van der Waals surface area contributed by atoms with Gasteiger partial charge in [0.05, 0.1) is 26.8 Å². The summed E-state index contributed by atoms with van der Waals surface area (Å²) in [5, 5.41) is 1.26. The van der Waals surface area contributed by atoms with E-state index in [1.807, 2.05) is 24.3 Å². The third kappa shape index (κ3) is 4.05. The number of carbonyl (C=O) groups excluding carboxylic acids is 3. The van der Waals surface area contributed by atoms with Crippen LogP contribution in [0.25, 0.3) is 5.57 Å². The summed E-state index contributed by atoms with van der Waals surface area (Å²) < 4.78 is 0.146. The summed E-state index contributed by atoms with van der Waals surface area (Å²) in [6.07, 6.45) is 2.93. The lowest BCUT2D eigenvalue weighted by Gasteiger charge is -2.17. The minimum absolute atomic E-state index is 0.146. The zero-order valence-electron chi connectivity index (χ0n) is 17.3. The quantitative estimate of drug-likeness (QED) is 0.362. The molecule has 0 radical (unpaired) electrons. The Morgan fingerprint density at radius 1 is 1.06 bits per heavy atom. The average Bonchev–Trinajstić information content (AvgIpc) is 3.21. The number of hydrogen-bond donors (Lipinski definition) is 1. The normalized spacial score (nSPS) is 17.9. The maximum absolute atomic E-state index is 13.3. The molecule has 0 atom stereocenters. The van der Waals surface area contributed by atoms with Crippen molar-refractivity contribution >= 4 is 68.9 Å². The number of carbonyl (C=O) groups is 3. The molecule has 1 saturated heterocycles. The molecule has 0 unspecified atom stereocenters. The van der Waals surface area contributed by atoms with E-state index in [2.05, 4.69) is 12.3 Å². The number of nitrogens with one attached hydrogen (secondary N) is 1. The maximum atomic E-state index is 13.3. The van der Waals surface area contributed by atoms with Gasteiger partial charge in [0.2, 0.25) is 0 Å². The van der Waals surface area contributed by atoms with Gasteiger partial charge in [0.1, 0.15) is 0 Å². The molecule has 6 nitrogen and oxygen atoms in total. The van der Waals surface area contributed by atoms with Crippen molar-refractivity contribution in [2.24, 2.45) is 0 Å². The molecule has 9 heteroatoms. The molecule has 2 aliphatic heterocycles. The lowest BCUT2D eigenvalue weighted by Crippen LogP contribution is -2.45. The number of unbranched alkanes of at least 4 members (excludes halogenated alkanes) is 2. The second-order valence-corrected chi connectivity index (χ2v) is 9.37. The van der Waals surface area contributed by atoms with Crippen molar-refractivity contribution in [3.05, 3.63) is 69.6 Å². The first-order chi connectivity index (χ1) is 15.4. The van der Waals surface area contributed by atoms with Crippen LogP contribution in [0, 0.1) is 0 Å². The van der Waals surface area contributed by atoms with Gasteiger partial charge in [-0.3, -0.25) is 19.8 Å². The van der Waals surface area contributed by atoms with Gasteiger partial charge >= 0.3 is 0 Å². The molecular weight excluding hydrogens is 466 g/mol. The van der Waals surface area contributed by atoms with Crippen molar-refractivity contribution in [1.29, 1.82) is 0 Å². The van der Waals surface area contributed by atoms with Gasteiger partial charge < -0.3 is 4.90 Å². The van der Waals surface area contributed by atoms with Crippen molar-refractivity contribution in [3.63, 3.8) is 0 Å². The number of hydrazine groups is 1. The topological polar surface area (TPSA) is 69.7 Å². The van der Waals surface area contributed by atoms with Crippen LogP contribution in [0.3, 0.4) is 0 Å². The summed E-state index contributed by atoms with van der Waals surface area (Å²) in [4.78, 5) is 41.1. The van der Waals surface area contributed by atoms with Gasteiger partial charge in [-0.1, -0.05) is 73.5 Å². The lowest BCUT2D eigenvalue weighted by atomic mass is 10.1. The second-order valence-electron chi connectivity index (χ2n) is 7.31. The third-order valence-corrected chi connectivity index (χ3v) is 6.94. The summed E-state index contributed by atoms with van der Waals surface area (Å²) in [6.45, 7) is 2.68. The van der Waals surface area contributed by atoms with Crippen LogP contribution in [-0.2, 0) is 9.59 Å². The molecule has 0 spiro atoms. The highest BCUT2D eigenvalue weighted by Gasteiger charge is 2.42. The van der Waals surface area contributed by atoms with Crippen LogP contribution in [0.5, 0.6) is 0 Å². The summed E-state index contributed by atoms with van der Waals surface area (Å²) in [5.41, 5.74) is 4.55. The average molecular weight is 486 g/mol. The van der Waals surface area contributed by atoms with Crippen molar-refractivity contribution in [1.82, 2.24) is 10.4 Å². The van der Waals surface area contributed by atoms with Crippen LogP contribution in [-0.4, -0.2) is 33.6 Å². The highest BCUT2D eigenvalue weighted by Crippen LogP contribution is 2.44. The summed E-state index contributed by atoms with van der Waals surface area (Å²) in [6, 6.07) is 13.9. The van der Waals surface area contributed by atoms with Gasteiger partial charge in [-0.25, -0.2) is 0 Å². The van der Waals surface area contributed by atoms with E-state index >= 15 is 0 Å². The van der Waals surface area contributed by atoms with Crippen molar-refractivity contribution < 1.29 is 14.4 Å². The van der Waals surface area contributed by atoms with Crippen LogP contribution in [0.1, 0.15) is 42.1 Å². The Hall–Kier alpha value is -2.68. The molecule has 1 N–H and O–H groups in total. The molecule has 2 aromatic carbocycles. The van der Waals surface area contributed by atoms with Gasteiger partial charge in [-0.15, -0.1) is 0 Å². The fourth-order valence-corrected chi connectivity index (χ4v) is 5.14. The Labute approximate surface area is 200 Å². The molecule has 4 rings (SSSR count). The van der Waals surface area contributed by atoms with E-state index in [0.717, 1.165) is 41.7 Å². The number of halogens is 1. The first-order valence-corrected chi connectivity index (χ1v) is 11.8. The number of thiocarbonyl (C=S) groups is 1. The first kappa shape index (κ1) is 22.5. The molecular formula is C23H20ClN3O3S2. The summed E-state index contributed by atoms with van der Waals surface area (Å²) in [7, 11) is 0. The van der Waals surface area contributed by atoms with Crippen molar-refractivity contribution in [2.75, 3.05) is 11.4 Å². The van der Waals surface area contributed by atoms with Gasteiger partial charge in [-0.05, 0) is 36.8 Å². The number of anilines is 1. The molecule has 0 aromatic heterocycles. The van der Waals surface area contributed by atoms with E-state index in [4.69, 9.17) is 23.8 Å². The van der Waals surface area contributed by atoms with Gasteiger partial charge in [0, 0.05) is 12.1 Å². The molecule has 0 aliphatic carbocycles. The first-order valence-electron chi connectivity index (χ1n) is 10.2. The highest BCUT2D eigenvalue weighted by atomic mass is 35.5. The standard InChI is InChI=1S/C23H20ClN3O3S2/c1-2-3-8-13-26-17-12-7-5-10-15(17)18(21(26)29)19-22(30)27(23(31)32-19)25-20(28)14-9-4-6-11-16(14)24/h4-7,9-12H,2-3,8,13H2,1H3,(H,25,28)/b19-18-. The minimum Gasteiger partial charge on any atom is -0.308 e. The van der Waals surface area contributed by atoms with Crippen LogP contribution in [0.15, 0.2) is 53.4 Å². The molecule has 0 bridgehead atoms. The highest BCUT2D eigenvalue weighted by molar-refractivity contribution is 8.26. The summed E-state index contributed by atoms with van der Waals surface area (Å²) in [5.74, 6) is -1.31. The third-order valence-electron chi connectivity index (χ3n) is 5.24. The van der Waals surface area contributed by atoms with E-state index in [0.29, 0.717) is 17.7 Å². The Balaban J connectivity index is 1.65. The predicted octanol–water partition coefficient (Wildman–Crippen LogP) is 4.79. The Morgan fingerprint density at radius 3 is 2.53 bits per heavy atom. The molecule has 2 aliphatic rings. The number of rotatable bonds is 6. The zero-order valence-corrected chi connectivity index (χ0v) is 19.6. The number of para-hydroxylation sites is 1. The molecule has 2 aromatic rings. The Bertz CT molecular complexity index is 1160. The minimum atomic E-state index is -0.558. The van der Waals surface area contributed by atoms with E-state index in [9.17, 15) is 14.4 Å². The number of thioether (sulfide) groups is 1. The van der Waals surface area contributed by atoms with Crippen molar-refractivity contribution in [3.8, 4) is 0 Å².